The molecule has 1 rings (SSSR count). The molecule has 1 nitrogen and oxygen atoms in total. The Labute approximate surface area is 124 Å². The molecule has 0 saturated heterocycles. The van der Waals surface area contributed by atoms with Crippen LogP contribution in [0.1, 0.15) is 32.1 Å². The van der Waals surface area contributed by atoms with E-state index in [0.717, 1.165) is 30.7 Å². The molecule has 0 fully saturated rings. The molecule has 0 N–H and O–H groups in total. The summed E-state index contributed by atoms with van der Waals surface area (Å²) >= 11 is 5.36. The van der Waals surface area contributed by atoms with E-state index < -0.39 is 0 Å². The van der Waals surface area contributed by atoms with Crippen LogP contribution >= 0.6 is 27.7 Å². The van der Waals surface area contributed by atoms with Gasteiger partial charge in [0.25, 0.3) is 0 Å². The van der Waals surface area contributed by atoms with Crippen molar-refractivity contribution in [1.82, 2.24) is 0 Å². The van der Waals surface area contributed by atoms with Gasteiger partial charge in [0.2, 0.25) is 0 Å². The maximum atomic E-state index is 5.63. The predicted octanol–water partition coefficient (Wildman–Crippen LogP) is 5.14. The van der Waals surface area contributed by atoms with Crippen molar-refractivity contribution in [3.8, 4) is 0 Å². The Hall–Kier alpha value is 0.0100. The average Bonchev–Trinajstić information content (AvgIpc) is 2.42. The van der Waals surface area contributed by atoms with Crippen molar-refractivity contribution >= 4 is 27.7 Å². The number of halogens is 1. The number of unbranched alkanes of at least 4 members (excludes halogenated alkanes) is 3. The van der Waals surface area contributed by atoms with Crippen LogP contribution in [0.3, 0.4) is 0 Å². The molecular formula is C15H23BrOS. The lowest BCUT2D eigenvalue weighted by molar-refractivity contribution is 0.131. The highest BCUT2D eigenvalue weighted by atomic mass is 79.9. The molecule has 0 aromatic heterocycles. The summed E-state index contributed by atoms with van der Waals surface area (Å²) in [5.41, 5.74) is 0. The Morgan fingerprint density at radius 2 is 1.61 bits per heavy atom. The molecule has 18 heavy (non-hydrogen) atoms. The average molecular weight is 331 g/mol. The molecule has 0 aliphatic heterocycles. The summed E-state index contributed by atoms with van der Waals surface area (Å²) in [5, 5.41) is 1.13. The van der Waals surface area contributed by atoms with E-state index in [-0.39, 0.29) is 0 Å². The molecule has 0 heterocycles. The van der Waals surface area contributed by atoms with Crippen LogP contribution in [0.25, 0.3) is 0 Å². The number of benzene rings is 1. The van der Waals surface area contributed by atoms with Crippen molar-refractivity contribution in [2.24, 2.45) is 0 Å². The summed E-state index contributed by atoms with van der Waals surface area (Å²) < 4.78 is 5.63. The first-order chi connectivity index (χ1) is 8.93. The molecule has 3 heteroatoms. The number of ether oxygens (including phenoxy) is 1. The van der Waals surface area contributed by atoms with Crippen LogP contribution < -0.4 is 0 Å². The minimum absolute atomic E-state index is 0.901. The van der Waals surface area contributed by atoms with Crippen molar-refractivity contribution < 1.29 is 4.74 Å². The van der Waals surface area contributed by atoms with E-state index in [1.165, 1.54) is 30.6 Å². The summed E-state index contributed by atoms with van der Waals surface area (Å²) in [4.78, 5) is 1.35. The molecular weight excluding hydrogens is 308 g/mol. The van der Waals surface area contributed by atoms with Crippen LogP contribution in [0.5, 0.6) is 0 Å². The summed E-state index contributed by atoms with van der Waals surface area (Å²) in [5.74, 6) is 1.15. The monoisotopic (exact) mass is 330 g/mol. The molecule has 0 amide bonds. The molecule has 0 spiro atoms. The standard InChI is InChI=1S/C15H23BrOS/c16-11-6-1-2-7-12-17-13-8-14-18-15-9-4-3-5-10-15/h3-5,9-10H,1-2,6-8,11-14H2. The van der Waals surface area contributed by atoms with Gasteiger partial charge in [0.1, 0.15) is 0 Å². The third kappa shape index (κ3) is 9.01. The van der Waals surface area contributed by atoms with Gasteiger partial charge >= 0.3 is 0 Å². The smallest absolute Gasteiger partial charge is 0.0474 e. The summed E-state index contributed by atoms with van der Waals surface area (Å²) in [6.45, 7) is 1.83. The lowest BCUT2D eigenvalue weighted by Gasteiger charge is -2.04. The molecule has 0 bridgehead atoms. The zero-order chi connectivity index (χ0) is 12.9. The molecule has 0 aliphatic carbocycles. The predicted molar refractivity (Wildman–Crippen MR) is 84.9 cm³/mol. The highest BCUT2D eigenvalue weighted by molar-refractivity contribution is 9.09. The van der Waals surface area contributed by atoms with E-state index in [1.807, 2.05) is 11.8 Å². The molecule has 0 radical (unpaired) electrons. The number of hydrogen-bond donors (Lipinski definition) is 0. The largest absolute Gasteiger partial charge is 0.381 e. The topological polar surface area (TPSA) is 9.23 Å². The quantitative estimate of drug-likeness (QED) is 0.315. The normalized spacial score (nSPS) is 10.7. The van der Waals surface area contributed by atoms with Gasteiger partial charge in [-0.2, -0.15) is 0 Å². The van der Waals surface area contributed by atoms with E-state index >= 15 is 0 Å². The fourth-order valence-electron chi connectivity index (χ4n) is 1.62. The molecule has 1 aromatic rings. The number of thioether (sulfide) groups is 1. The van der Waals surface area contributed by atoms with Crippen LogP contribution in [0.4, 0.5) is 0 Å². The molecule has 102 valence electrons. The molecule has 0 aliphatic rings. The van der Waals surface area contributed by atoms with Crippen LogP contribution in [0.15, 0.2) is 35.2 Å². The first kappa shape index (κ1) is 16.1. The first-order valence-corrected chi connectivity index (χ1v) is 8.86. The van der Waals surface area contributed by atoms with E-state index in [1.54, 1.807) is 0 Å². The van der Waals surface area contributed by atoms with Gasteiger partial charge < -0.3 is 4.74 Å². The lowest BCUT2D eigenvalue weighted by atomic mass is 10.2. The zero-order valence-electron chi connectivity index (χ0n) is 10.9. The van der Waals surface area contributed by atoms with Gasteiger partial charge in [0, 0.05) is 29.2 Å². The second-order valence-corrected chi connectivity index (χ2v) is 6.19. The number of rotatable bonds is 11. The summed E-state index contributed by atoms with van der Waals surface area (Å²) in [6, 6.07) is 10.6. The maximum absolute atomic E-state index is 5.63. The van der Waals surface area contributed by atoms with Gasteiger partial charge in [-0.15, -0.1) is 11.8 Å². The Bertz CT molecular complexity index is 279. The van der Waals surface area contributed by atoms with Crippen molar-refractivity contribution in [3.05, 3.63) is 30.3 Å². The Balaban J connectivity index is 1.82. The fraction of sp³-hybridized carbons (Fsp3) is 0.600. The third-order valence-corrected chi connectivity index (χ3v) is 4.28. The fourth-order valence-corrected chi connectivity index (χ4v) is 2.87. The van der Waals surface area contributed by atoms with Gasteiger partial charge in [-0.25, -0.2) is 0 Å². The SMILES string of the molecule is BrCCCCCCOCCCSc1ccccc1. The third-order valence-electron chi connectivity index (χ3n) is 2.62. The van der Waals surface area contributed by atoms with Crippen molar-refractivity contribution in [2.75, 3.05) is 24.3 Å². The van der Waals surface area contributed by atoms with Gasteiger partial charge in [0.05, 0.1) is 0 Å². The van der Waals surface area contributed by atoms with Gasteiger partial charge in [-0.05, 0) is 31.4 Å². The van der Waals surface area contributed by atoms with Crippen molar-refractivity contribution in [3.63, 3.8) is 0 Å². The second kappa shape index (κ2) is 12.1. The van der Waals surface area contributed by atoms with E-state index in [4.69, 9.17) is 4.74 Å². The van der Waals surface area contributed by atoms with Gasteiger partial charge in [-0.1, -0.05) is 47.0 Å². The van der Waals surface area contributed by atoms with E-state index in [2.05, 4.69) is 46.3 Å². The molecule has 0 saturated carbocycles. The number of alkyl halides is 1. The van der Waals surface area contributed by atoms with Gasteiger partial charge in [0.15, 0.2) is 0 Å². The molecule has 0 atom stereocenters. The highest BCUT2D eigenvalue weighted by Gasteiger charge is 1.94. The van der Waals surface area contributed by atoms with E-state index in [0.29, 0.717) is 0 Å². The van der Waals surface area contributed by atoms with Crippen molar-refractivity contribution in [1.29, 1.82) is 0 Å². The molecule has 1 aromatic carbocycles. The van der Waals surface area contributed by atoms with Gasteiger partial charge in [-0.3, -0.25) is 0 Å². The summed E-state index contributed by atoms with van der Waals surface area (Å²) in [7, 11) is 0. The zero-order valence-corrected chi connectivity index (χ0v) is 13.3. The Kier molecular flexibility index (Phi) is 10.8. The minimum Gasteiger partial charge on any atom is -0.381 e. The molecule has 0 unspecified atom stereocenters. The van der Waals surface area contributed by atoms with Crippen LogP contribution in [-0.2, 0) is 4.74 Å². The second-order valence-electron chi connectivity index (χ2n) is 4.23. The minimum atomic E-state index is 0.901. The Morgan fingerprint density at radius 1 is 0.889 bits per heavy atom. The summed E-state index contributed by atoms with van der Waals surface area (Å²) in [6.07, 6.45) is 6.25. The van der Waals surface area contributed by atoms with Crippen LogP contribution in [0, 0.1) is 0 Å². The first-order valence-electron chi connectivity index (χ1n) is 6.75. The van der Waals surface area contributed by atoms with Crippen LogP contribution in [-0.4, -0.2) is 24.3 Å². The van der Waals surface area contributed by atoms with Crippen LogP contribution in [0.2, 0.25) is 0 Å². The highest BCUT2D eigenvalue weighted by Crippen LogP contribution is 2.17. The Morgan fingerprint density at radius 3 is 2.39 bits per heavy atom. The van der Waals surface area contributed by atoms with E-state index in [9.17, 15) is 0 Å². The van der Waals surface area contributed by atoms with Crippen molar-refractivity contribution in [2.45, 2.75) is 37.0 Å². The number of hydrogen-bond acceptors (Lipinski definition) is 2. The lowest BCUT2D eigenvalue weighted by Crippen LogP contribution is -1.98. The maximum Gasteiger partial charge on any atom is 0.0474 e.